The van der Waals surface area contributed by atoms with E-state index >= 15 is 0 Å². The fourth-order valence-electron chi connectivity index (χ4n) is 4.55. The predicted molar refractivity (Wildman–Crippen MR) is 220 cm³/mol. The van der Waals surface area contributed by atoms with Crippen LogP contribution >= 0.6 is 0 Å². The van der Waals surface area contributed by atoms with E-state index < -0.39 is 32.3 Å². The zero-order chi connectivity index (χ0) is 39.0. The Hall–Kier alpha value is -3.61. The Morgan fingerprint density at radius 2 is 1.42 bits per heavy atom. The average Bonchev–Trinajstić information content (AvgIpc) is 3.04. The van der Waals surface area contributed by atoms with E-state index in [4.69, 9.17) is 14.6 Å². The minimum absolute atomic E-state index is 0.0532. The van der Waals surface area contributed by atoms with Crippen molar-refractivity contribution in [3.05, 3.63) is 88.6 Å². The van der Waals surface area contributed by atoms with E-state index in [2.05, 4.69) is 94.2 Å². The normalized spacial score (nSPS) is 12.5. The number of amides is 2. The minimum Gasteiger partial charge on any atom is -0.417 e. The first-order valence-electron chi connectivity index (χ1n) is 17.8. The summed E-state index contributed by atoms with van der Waals surface area (Å²) >= 11 is 0. The van der Waals surface area contributed by atoms with Crippen LogP contribution in [-0.2, 0) is 18.6 Å². The number of anilines is 2. The van der Waals surface area contributed by atoms with Gasteiger partial charge in [0, 0.05) is 47.7 Å². The highest BCUT2D eigenvalue weighted by atomic mass is 32.2. The van der Waals surface area contributed by atoms with Gasteiger partial charge in [-0.25, -0.2) is 9.19 Å². The number of nitrogens with one attached hydrogen (secondary N) is 1. The van der Waals surface area contributed by atoms with Gasteiger partial charge in [0.25, 0.3) is 11.8 Å². The molecule has 0 saturated heterocycles. The predicted octanol–water partition coefficient (Wildman–Crippen LogP) is 9.06. The molecule has 0 aliphatic rings. The molecule has 0 radical (unpaired) electrons. The van der Waals surface area contributed by atoms with Crippen LogP contribution in [0.15, 0.2) is 65.2 Å². The van der Waals surface area contributed by atoms with Gasteiger partial charge in [0.1, 0.15) is 5.82 Å². The second kappa shape index (κ2) is 17.5. The van der Waals surface area contributed by atoms with Crippen LogP contribution in [0, 0.1) is 18.8 Å². The van der Waals surface area contributed by atoms with Crippen molar-refractivity contribution in [2.75, 3.05) is 35.8 Å². The molecule has 282 valence electrons. The fourth-order valence-corrected chi connectivity index (χ4v) is 8.66. The first kappa shape index (κ1) is 42.8. The van der Waals surface area contributed by atoms with Crippen LogP contribution in [-0.4, -0.2) is 62.4 Å². The molecule has 0 spiro atoms. The lowest BCUT2D eigenvalue weighted by Gasteiger charge is -2.36. The molecule has 0 unspecified atom stereocenters. The van der Waals surface area contributed by atoms with Crippen molar-refractivity contribution in [1.29, 1.82) is 0 Å². The van der Waals surface area contributed by atoms with Crippen molar-refractivity contribution in [2.45, 2.75) is 97.6 Å². The molecule has 1 aromatic heterocycles. The first-order chi connectivity index (χ1) is 24.0. The molecule has 3 aromatic rings. The lowest BCUT2D eigenvalue weighted by molar-refractivity contribution is 0.100. The minimum atomic E-state index is -2.95. The Bertz CT molecular complexity index is 1890. The maximum absolute atomic E-state index is 14.3. The van der Waals surface area contributed by atoms with Crippen LogP contribution in [0.4, 0.5) is 11.5 Å². The Balaban J connectivity index is 1.82. The average molecular weight is 763 g/mol. The SMILES string of the molecule is Cc1cccc(NC(=O)c2cccc(C#Cc3cc(C(=O)N=S(=O)(CCCO[Si](C)(C)C(C)(C)C)CCCO[Si](C)(C)C(C)(C)C)cnc3N)c2)c1. The molecular weight excluding hydrogens is 705 g/mol. The van der Waals surface area contributed by atoms with Gasteiger partial charge < -0.3 is 19.9 Å². The number of rotatable bonds is 13. The molecule has 52 heavy (non-hydrogen) atoms. The topological polar surface area (TPSA) is 133 Å². The number of hydrogen-bond donors (Lipinski definition) is 2. The van der Waals surface area contributed by atoms with Crippen molar-refractivity contribution >= 4 is 49.7 Å². The van der Waals surface area contributed by atoms with Crippen LogP contribution in [0.5, 0.6) is 0 Å². The van der Waals surface area contributed by atoms with Crippen LogP contribution < -0.4 is 11.1 Å². The van der Waals surface area contributed by atoms with Crippen LogP contribution in [0.1, 0.15) is 91.8 Å². The second-order valence-corrected chi connectivity index (χ2v) is 28.5. The summed E-state index contributed by atoms with van der Waals surface area (Å²) in [6.45, 7) is 24.7. The summed E-state index contributed by atoms with van der Waals surface area (Å²) in [6.07, 6.45) is 2.37. The van der Waals surface area contributed by atoms with E-state index in [1.165, 1.54) is 12.3 Å². The molecule has 0 aliphatic heterocycles. The highest BCUT2D eigenvalue weighted by molar-refractivity contribution is 7.93. The van der Waals surface area contributed by atoms with Crippen molar-refractivity contribution in [3.8, 4) is 11.8 Å². The zero-order valence-corrected chi connectivity index (χ0v) is 35.8. The van der Waals surface area contributed by atoms with Gasteiger partial charge in [0.2, 0.25) is 0 Å². The number of aromatic nitrogens is 1. The molecule has 2 amide bonds. The Morgan fingerprint density at radius 1 is 0.846 bits per heavy atom. The lowest BCUT2D eigenvalue weighted by atomic mass is 10.1. The van der Waals surface area contributed by atoms with Crippen molar-refractivity contribution in [2.24, 2.45) is 4.36 Å². The molecule has 12 heteroatoms. The second-order valence-electron chi connectivity index (χ2n) is 16.3. The summed E-state index contributed by atoms with van der Waals surface area (Å²) in [5.74, 6) is 5.73. The summed E-state index contributed by atoms with van der Waals surface area (Å²) in [5, 5.41) is 3.01. The standard InChI is InChI=1S/C40H58N4O5SSi2/c1-30-16-12-19-35(26-30)43-37(45)33-18-13-17-31(27-33)20-21-32-28-34(29-42-36(32)41)38(46)44-50(47,24-14-22-48-51(8,9)39(2,3)4)25-15-23-49-52(10,11)40(5,6)7/h12-13,16-19,26-29H,14-15,22-25H2,1-11H3,(H2,41,42)(H,43,45). The number of hydrogen-bond acceptors (Lipinski definition) is 7. The summed E-state index contributed by atoms with van der Waals surface area (Å²) < 4.78 is 31.3. The van der Waals surface area contributed by atoms with E-state index in [1.807, 2.05) is 31.2 Å². The number of aryl methyl sites for hydroxylation is 1. The first-order valence-corrected chi connectivity index (χ1v) is 25.5. The summed E-state index contributed by atoms with van der Waals surface area (Å²) in [4.78, 5) is 30.7. The van der Waals surface area contributed by atoms with Gasteiger partial charge in [-0.2, -0.15) is 4.36 Å². The third-order valence-electron chi connectivity index (χ3n) is 9.91. The van der Waals surface area contributed by atoms with E-state index in [0.717, 1.165) is 5.56 Å². The molecule has 9 nitrogen and oxygen atoms in total. The van der Waals surface area contributed by atoms with Crippen LogP contribution in [0.2, 0.25) is 36.3 Å². The molecule has 3 rings (SSSR count). The number of pyridine rings is 1. The van der Waals surface area contributed by atoms with Crippen molar-refractivity contribution < 1.29 is 22.6 Å². The highest BCUT2D eigenvalue weighted by Gasteiger charge is 2.38. The number of nitrogen functional groups attached to an aromatic ring is 1. The highest BCUT2D eigenvalue weighted by Crippen LogP contribution is 2.37. The third-order valence-corrected chi connectivity index (χ3v) is 21.3. The van der Waals surface area contributed by atoms with Crippen molar-refractivity contribution in [3.63, 3.8) is 0 Å². The Kier molecular flexibility index (Phi) is 14.4. The summed E-state index contributed by atoms with van der Waals surface area (Å²) in [7, 11) is -6.92. The molecular formula is C40H58N4O5SSi2. The molecule has 2 aromatic carbocycles. The molecule has 1 heterocycles. The molecule has 0 atom stereocenters. The van der Waals surface area contributed by atoms with E-state index in [1.54, 1.807) is 24.3 Å². The maximum atomic E-state index is 14.3. The van der Waals surface area contributed by atoms with E-state index in [9.17, 15) is 13.8 Å². The molecule has 3 N–H and O–H groups in total. The van der Waals surface area contributed by atoms with Gasteiger partial charge in [0.15, 0.2) is 16.6 Å². The smallest absolute Gasteiger partial charge is 0.286 e. The van der Waals surface area contributed by atoms with Gasteiger partial charge in [-0.15, -0.1) is 0 Å². The molecule has 0 aliphatic carbocycles. The number of carbonyl (C=O) groups is 2. The van der Waals surface area contributed by atoms with Gasteiger partial charge in [-0.05, 0) is 98.0 Å². The van der Waals surface area contributed by atoms with Gasteiger partial charge in [-0.1, -0.05) is 71.6 Å². The lowest BCUT2D eigenvalue weighted by Crippen LogP contribution is -2.41. The quantitative estimate of drug-likeness (QED) is 0.101. The maximum Gasteiger partial charge on any atom is 0.286 e. The largest absolute Gasteiger partial charge is 0.417 e. The number of carbonyl (C=O) groups excluding carboxylic acids is 2. The van der Waals surface area contributed by atoms with Gasteiger partial charge in [0.05, 0.1) is 20.9 Å². The molecule has 0 fully saturated rings. The molecule has 0 saturated carbocycles. The Morgan fingerprint density at radius 3 is 1.98 bits per heavy atom. The van der Waals surface area contributed by atoms with Crippen molar-refractivity contribution in [1.82, 2.24) is 4.98 Å². The van der Waals surface area contributed by atoms with Gasteiger partial charge in [-0.3, -0.25) is 9.59 Å². The fraction of sp³-hybridized carbons (Fsp3) is 0.475. The van der Waals surface area contributed by atoms with E-state index in [-0.39, 0.29) is 38.9 Å². The van der Waals surface area contributed by atoms with Gasteiger partial charge >= 0.3 is 0 Å². The number of nitrogens with zero attached hydrogens (tertiary/aromatic N) is 2. The number of nitrogens with two attached hydrogens (primary N) is 1. The summed E-state index contributed by atoms with van der Waals surface area (Å²) in [6, 6.07) is 16.0. The molecule has 0 bridgehead atoms. The third kappa shape index (κ3) is 12.5. The number of benzene rings is 2. The van der Waals surface area contributed by atoms with E-state index in [0.29, 0.717) is 48.4 Å². The summed E-state index contributed by atoms with van der Waals surface area (Å²) in [5.41, 5.74) is 9.40. The zero-order valence-electron chi connectivity index (χ0n) is 32.9. The monoisotopic (exact) mass is 762 g/mol. The Labute approximate surface area is 314 Å². The van der Waals surface area contributed by atoms with Crippen LogP contribution in [0.25, 0.3) is 0 Å². The van der Waals surface area contributed by atoms with Crippen LogP contribution in [0.3, 0.4) is 0 Å².